The molecule has 1 atom stereocenters. The van der Waals surface area contributed by atoms with Crippen molar-refractivity contribution in [2.75, 3.05) is 15.9 Å². The molecule has 146 valence electrons. The minimum Gasteiger partial charge on any atom is -0.324 e. The minimum absolute atomic E-state index is 0.386. The SMILES string of the molecule is Cc1ccc(C)c(N([C@@H](C)C(=O)Nc2cccc3ccccc23)S(C)(=O)=O)c1. The van der Waals surface area contributed by atoms with Crippen molar-refractivity contribution in [2.45, 2.75) is 26.8 Å². The van der Waals surface area contributed by atoms with Gasteiger partial charge in [-0.1, -0.05) is 48.5 Å². The van der Waals surface area contributed by atoms with E-state index >= 15 is 0 Å². The lowest BCUT2D eigenvalue weighted by atomic mass is 10.1. The molecule has 0 aliphatic rings. The lowest BCUT2D eigenvalue weighted by Gasteiger charge is -2.30. The van der Waals surface area contributed by atoms with Gasteiger partial charge in [0.25, 0.3) is 0 Å². The lowest BCUT2D eigenvalue weighted by Crippen LogP contribution is -2.45. The zero-order chi connectivity index (χ0) is 20.5. The van der Waals surface area contributed by atoms with Crippen LogP contribution in [-0.2, 0) is 14.8 Å². The summed E-state index contributed by atoms with van der Waals surface area (Å²) >= 11 is 0. The second-order valence-corrected chi connectivity index (χ2v) is 8.90. The normalized spacial score (nSPS) is 12.6. The molecule has 0 radical (unpaired) electrons. The molecule has 0 aliphatic carbocycles. The highest BCUT2D eigenvalue weighted by atomic mass is 32.2. The Labute approximate surface area is 166 Å². The molecular formula is C22H24N2O3S. The van der Waals surface area contributed by atoms with Crippen molar-refractivity contribution in [3.63, 3.8) is 0 Å². The highest BCUT2D eigenvalue weighted by Crippen LogP contribution is 2.28. The summed E-state index contributed by atoms with van der Waals surface area (Å²) in [6.07, 6.45) is 1.12. The Kier molecular flexibility index (Phi) is 5.42. The van der Waals surface area contributed by atoms with Gasteiger partial charge in [-0.25, -0.2) is 8.42 Å². The predicted molar refractivity (Wildman–Crippen MR) is 115 cm³/mol. The monoisotopic (exact) mass is 396 g/mol. The third kappa shape index (κ3) is 4.02. The Morgan fingerprint density at radius 2 is 1.68 bits per heavy atom. The van der Waals surface area contributed by atoms with E-state index in [1.807, 2.05) is 68.4 Å². The molecule has 0 bridgehead atoms. The zero-order valence-corrected chi connectivity index (χ0v) is 17.2. The molecule has 1 amide bonds. The van der Waals surface area contributed by atoms with Crippen LogP contribution in [0.2, 0.25) is 0 Å². The molecule has 0 aromatic heterocycles. The number of amides is 1. The first-order valence-corrected chi connectivity index (χ1v) is 10.9. The minimum atomic E-state index is -3.66. The second kappa shape index (κ2) is 7.64. The summed E-state index contributed by atoms with van der Waals surface area (Å²) < 4.78 is 26.3. The maximum absolute atomic E-state index is 13.0. The Hall–Kier alpha value is -2.86. The Balaban J connectivity index is 1.98. The van der Waals surface area contributed by atoms with Crippen LogP contribution in [0.5, 0.6) is 0 Å². The van der Waals surface area contributed by atoms with E-state index < -0.39 is 16.1 Å². The molecule has 5 nitrogen and oxygen atoms in total. The number of rotatable bonds is 5. The molecule has 6 heteroatoms. The summed E-state index contributed by atoms with van der Waals surface area (Å²) in [5, 5.41) is 4.80. The van der Waals surface area contributed by atoms with Gasteiger partial charge in [0.05, 0.1) is 11.9 Å². The number of benzene rings is 3. The van der Waals surface area contributed by atoms with E-state index in [9.17, 15) is 13.2 Å². The van der Waals surface area contributed by atoms with Crippen LogP contribution in [-0.4, -0.2) is 26.6 Å². The van der Waals surface area contributed by atoms with Crippen LogP contribution in [0.25, 0.3) is 10.8 Å². The van der Waals surface area contributed by atoms with Gasteiger partial charge in [-0.15, -0.1) is 0 Å². The van der Waals surface area contributed by atoms with Crippen molar-refractivity contribution in [1.29, 1.82) is 0 Å². The van der Waals surface area contributed by atoms with Crippen LogP contribution >= 0.6 is 0 Å². The summed E-state index contributed by atoms with van der Waals surface area (Å²) in [4.78, 5) is 13.0. The molecule has 0 saturated heterocycles. The fourth-order valence-corrected chi connectivity index (χ4v) is 4.53. The smallest absolute Gasteiger partial charge is 0.248 e. The molecule has 1 N–H and O–H groups in total. The topological polar surface area (TPSA) is 66.5 Å². The molecule has 0 aliphatic heterocycles. The van der Waals surface area contributed by atoms with Gasteiger partial charge in [0.2, 0.25) is 15.9 Å². The maximum Gasteiger partial charge on any atom is 0.248 e. The van der Waals surface area contributed by atoms with E-state index in [4.69, 9.17) is 0 Å². The van der Waals surface area contributed by atoms with Crippen LogP contribution < -0.4 is 9.62 Å². The van der Waals surface area contributed by atoms with Gasteiger partial charge in [-0.05, 0) is 49.4 Å². The van der Waals surface area contributed by atoms with Crippen molar-refractivity contribution in [2.24, 2.45) is 0 Å². The second-order valence-electron chi connectivity index (χ2n) is 7.04. The van der Waals surface area contributed by atoms with Gasteiger partial charge in [0.15, 0.2) is 0 Å². The van der Waals surface area contributed by atoms with Crippen molar-refractivity contribution in [3.05, 3.63) is 71.8 Å². The maximum atomic E-state index is 13.0. The van der Waals surface area contributed by atoms with E-state index in [1.54, 1.807) is 13.0 Å². The number of nitrogens with one attached hydrogen (secondary N) is 1. The molecule has 3 aromatic carbocycles. The number of carbonyl (C=O) groups excluding carboxylic acids is 1. The molecule has 0 heterocycles. The fourth-order valence-electron chi connectivity index (χ4n) is 3.31. The van der Waals surface area contributed by atoms with Gasteiger partial charge >= 0.3 is 0 Å². The van der Waals surface area contributed by atoms with E-state index in [0.29, 0.717) is 11.4 Å². The third-order valence-electron chi connectivity index (χ3n) is 4.74. The predicted octanol–water partition coefficient (Wildman–Crippen LogP) is 4.25. The number of carbonyl (C=O) groups is 1. The van der Waals surface area contributed by atoms with E-state index in [-0.39, 0.29) is 5.91 Å². The molecule has 3 aromatic rings. The summed E-state index contributed by atoms with van der Waals surface area (Å²) in [5.41, 5.74) is 2.89. The highest BCUT2D eigenvalue weighted by Gasteiger charge is 2.30. The Morgan fingerprint density at radius 1 is 1.00 bits per heavy atom. The Bertz CT molecular complexity index is 1130. The van der Waals surface area contributed by atoms with Gasteiger partial charge in [-0.3, -0.25) is 9.10 Å². The van der Waals surface area contributed by atoms with Crippen LogP contribution in [0.1, 0.15) is 18.1 Å². The number of nitrogens with zero attached hydrogens (tertiary/aromatic N) is 1. The van der Waals surface area contributed by atoms with E-state index in [1.165, 1.54) is 4.31 Å². The number of fused-ring (bicyclic) bond motifs is 1. The van der Waals surface area contributed by atoms with Crippen molar-refractivity contribution in [3.8, 4) is 0 Å². The fraction of sp³-hybridized carbons (Fsp3) is 0.227. The van der Waals surface area contributed by atoms with Crippen molar-refractivity contribution < 1.29 is 13.2 Å². The summed E-state index contributed by atoms with van der Waals surface area (Å²) in [5.74, 6) is -0.386. The van der Waals surface area contributed by atoms with Gasteiger partial charge in [0.1, 0.15) is 6.04 Å². The first kappa shape index (κ1) is 19.9. The molecule has 0 spiro atoms. The average Bonchev–Trinajstić information content (AvgIpc) is 2.64. The molecule has 0 unspecified atom stereocenters. The third-order valence-corrected chi connectivity index (χ3v) is 5.97. The number of hydrogen-bond acceptors (Lipinski definition) is 3. The van der Waals surface area contributed by atoms with Gasteiger partial charge in [-0.2, -0.15) is 0 Å². The average molecular weight is 397 g/mol. The van der Waals surface area contributed by atoms with Crippen LogP contribution in [0.4, 0.5) is 11.4 Å². The molecule has 3 rings (SSSR count). The highest BCUT2D eigenvalue weighted by molar-refractivity contribution is 7.92. The Morgan fingerprint density at radius 3 is 2.39 bits per heavy atom. The van der Waals surface area contributed by atoms with Gasteiger partial charge in [0, 0.05) is 11.1 Å². The summed E-state index contributed by atoms with van der Waals surface area (Å²) in [6.45, 7) is 5.33. The summed E-state index contributed by atoms with van der Waals surface area (Å²) in [6, 6.07) is 18.0. The summed E-state index contributed by atoms with van der Waals surface area (Å²) in [7, 11) is -3.66. The number of aryl methyl sites for hydroxylation is 2. The van der Waals surface area contributed by atoms with Crippen molar-refractivity contribution >= 4 is 38.1 Å². The molecule has 28 heavy (non-hydrogen) atoms. The lowest BCUT2D eigenvalue weighted by molar-refractivity contribution is -0.116. The first-order chi connectivity index (χ1) is 13.2. The largest absolute Gasteiger partial charge is 0.324 e. The van der Waals surface area contributed by atoms with E-state index in [2.05, 4.69) is 5.32 Å². The quantitative estimate of drug-likeness (QED) is 0.701. The molecule has 0 saturated carbocycles. The zero-order valence-electron chi connectivity index (χ0n) is 16.4. The van der Waals surface area contributed by atoms with Crippen LogP contribution in [0.15, 0.2) is 60.7 Å². The van der Waals surface area contributed by atoms with Crippen LogP contribution in [0.3, 0.4) is 0 Å². The number of anilines is 2. The number of hydrogen-bond donors (Lipinski definition) is 1. The van der Waals surface area contributed by atoms with Crippen molar-refractivity contribution in [1.82, 2.24) is 0 Å². The van der Waals surface area contributed by atoms with Crippen LogP contribution in [0, 0.1) is 13.8 Å². The molecular weight excluding hydrogens is 372 g/mol. The van der Waals surface area contributed by atoms with E-state index in [0.717, 1.165) is 28.2 Å². The molecule has 0 fully saturated rings. The number of sulfonamides is 1. The standard InChI is InChI=1S/C22H24N2O3S/c1-15-12-13-16(2)21(14-15)24(28(4,26)27)17(3)22(25)23-20-11-7-9-18-8-5-6-10-19(18)20/h5-14,17H,1-4H3,(H,23,25)/t17-/m0/s1. The first-order valence-electron chi connectivity index (χ1n) is 9.04. The van der Waals surface area contributed by atoms with Gasteiger partial charge < -0.3 is 5.32 Å².